The molecule has 1 heterocycles. The van der Waals surface area contributed by atoms with Crippen LogP contribution in [0.2, 0.25) is 0 Å². The summed E-state index contributed by atoms with van der Waals surface area (Å²) in [7, 11) is 3.82. The number of allylic oxidation sites excluding steroid dienone is 4. The van der Waals surface area contributed by atoms with E-state index in [1.165, 1.54) is 13.3 Å². The maximum Gasteiger partial charge on any atom is 0.255 e. The molecule has 1 amide bonds. The quantitative estimate of drug-likeness (QED) is 0.728. The third-order valence-corrected chi connectivity index (χ3v) is 6.05. The average molecular weight is 444 g/mol. The number of carbonyl (C=O) groups is 1. The fourth-order valence-electron chi connectivity index (χ4n) is 2.80. The summed E-state index contributed by atoms with van der Waals surface area (Å²) in [6, 6.07) is 10.7. The molecule has 0 fully saturated rings. The molecule has 1 aliphatic rings. The molecule has 0 spiro atoms. The van der Waals surface area contributed by atoms with Gasteiger partial charge in [0.1, 0.15) is 11.0 Å². The fraction of sp³-hybridized carbons (Fsp3) is 0.182. The molecule has 1 unspecified atom stereocenters. The van der Waals surface area contributed by atoms with Gasteiger partial charge in [-0.1, -0.05) is 35.9 Å². The van der Waals surface area contributed by atoms with Crippen molar-refractivity contribution in [1.29, 1.82) is 0 Å². The minimum atomic E-state index is -1.22. The average Bonchev–Trinajstić information content (AvgIpc) is 2.95. The number of ether oxygens (including phenoxy) is 1. The minimum absolute atomic E-state index is 0.271. The van der Waals surface area contributed by atoms with Crippen molar-refractivity contribution in [3.63, 3.8) is 0 Å². The van der Waals surface area contributed by atoms with Gasteiger partial charge in [0.25, 0.3) is 5.91 Å². The van der Waals surface area contributed by atoms with E-state index in [0.29, 0.717) is 33.5 Å². The number of amides is 1. The van der Waals surface area contributed by atoms with E-state index in [4.69, 9.17) is 16.3 Å². The van der Waals surface area contributed by atoms with E-state index in [0.717, 1.165) is 11.1 Å². The van der Waals surface area contributed by atoms with Crippen molar-refractivity contribution in [3.05, 3.63) is 77.0 Å². The molecule has 3 rings (SSSR count). The normalized spacial score (nSPS) is 14.9. The summed E-state index contributed by atoms with van der Waals surface area (Å²) in [6.45, 7) is 0. The Bertz CT molecular complexity index is 1040. The Labute approximate surface area is 183 Å². The third kappa shape index (κ3) is 5.24. The van der Waals surface area contributed by atoms with Crippen molar-refractivity contribution in [1.82, 2.24) is 9.29 Å². The SMILES string of the molecule is COc1ccc(NC(=O)C2=CC(c3ccc(S(=O)N(C)C)cc3)=C(Cl)CC=C2)cn1. The van der Waals surface area contributed by atoms with Crippen LogP contribution in [0.5, 0.6) is 5.88 Å². The number of methoxy groups -OCH3 is 1. The second kappa shape index (κ2) is 9.84. The summed E-state index contributed by atoms with van der Waals surface area (Å²) in [5.74, 6) is 0.199. The Morgan fingerprint density at radius 2 is 1.93 bits per heavy atom. The van der Waals surface area contributed by atoms with Crippen LogP contribution in [0, 0.1) is 0 Å². The fourth-order valence-corrected chi connectivity index (χ4v) is 3.85. The zero-order valence-corrected chi connectivity index (χ0v) is 18.5. The zero-order valence-electron chi connectivity index (χ0n) is 16.9. The highest BCUT2D eigenvalue weighted by Gasteiger charge is 2.15. The van der Waals surface area contributed by atoms with Crippen LogP contribution < -0.4 is 10.1 Å². The Morgan fingerprint density at radius 3 is 2.53 bits per heavy atom. The molecule has 156 valence electrons. The van der Waals surface area contributed by atoms with E-state index >= 15 is 0 Å². The van der Waals surface area contributed by atoms with Crippen molar-refractivity contribution in [2.24, 2.45) is 0 Å². The second-order valence-corrected chi connectivity index (χ2v) is 8.81. The van der Waals surface area contributed by atoms with Crippen LogP contribution in [0.15, 0.2) is 76.3 Å². The number of nitrogens with one attached hydrogen (secondary N) is 1. The predicted molar refractivity (Wildman–Crippen MR) is 121 cm³/mol. The molecule has 0 aliphatic heterocycles. The van der Waals surface area contributed by atoms with Crippen LogP contribution in [-0.4, -0.2) is 40.6 Å². The van der Waals surface area contributed by atoms with Gasteiger partial charge in [-0.05, 0) is 49.5 Å². The van der Waals surface area contributed by atoms with Gasteiger partial charge >= 0.3 is 0 Å². The van der Waals surface area contributed by atoms with Gasteiger partial charge in [-0.3, -0.25) is 4.79 Å². The van der Waals surface area contributed by atoms with Crippen LogP contribution in [0.1, 0.15) is 12.0 Å². The van der Waals surface area contributed by atoms with Crippen LogP contribution in [0.4, 0.5) is 5.69 Å². The minimum Gasteiger partial charge on any atom is -0.481 e. The Kier molecular flexibility index (Phi) is 7.20. The Balaban J connectivity index is 1.85. The molecule has 0 saturated carbocycles. The smallest absolute Gasteiger partial charge is 0.255 e. The highest BCUT2D eigenvalue weighted by atomic mass is 35.5. The lowest BCUT2D eigenvalue weighted by atomic mass is 10.0. The summed E-state index contributed by atoms with van der Waals surface area (Å²) >= 11 is 6.50. The maximum atomic E-state index is 12.8. The molecule has 6 nitrogen and oxygen atoms in total. The van der Waals surface area contributed by atoms with Crippen LogP contribution in [-0.2, 0) is 15.8 Å². The topological polar surface area (TPSA) is 71.5 Å². The predicted octanol–water partition coefficient (Wildman–Crippen LogP) is 4.15. The first-order valence-corrected chi connectivity index (χ1v) is 10.7. The molecule has 0 radical (unpaired) electrons. The molecule has 1 aromatic heterocycles. The van der Waals surface area contributed by atoms with Crippen LogP contribution in [0.25, 0.3) is 5.57 Å². The first-order valence-electron chi connectivity index (χ1n) is 9.17. The number of hydrogen-bond donors (Lipinski definition) is 1. The van der Waals surface area contributed by atoms with E-state index in [2.05, 4.69) is 10.3 Å². The summed E-state index contributed by atoms with van der Waals surface area (Å²) in [6.07, 6.45) is 7.40. The molecule has 8 heteroatoms. The zero-order chi connectivity index (χ0) is 21.7. The highest BCUT2D eigenvalue weighted by Crippen LogP contribution is 2.30. The van der Waals surface area contributed by atoms with Gasteiger partial charge in [0.05, 0.1) is 23.9 Å². The van der Waals surface area contributed by atoms with Crippen molar-refractivity contribution in [2.45, 2.75) is 11.3 Å². The van der Waals surface area contributed by atoms with E-state index in [-0.39, 0.29) is 5.91 Å². The van der Waals surface area contributed by atoms with E-state index in [9.17, 15) is 9.00 Å². The Morgan fingerprint density at radius 1 is 1.20 bits per heavy atom. The summed E-state index contributed by atoms with van der Waals surface area (Å²) in [4.78, 5) is 17.6. The van der Waals surface area contributed by atoms with E-state index < -0.39 is 11.0 Å². The molecular formula is C22H22ClN3O3S. The molecule has 1 atom stereocenters. The molecule has 1 aliphatic carbocycles. The van der Waals surface area contributed by atoms with Crippen molar-refractivity contribution >= 4 is 39.8 Å². The van der Waals surface area contributed by atoms with Gasteiger partial charge in [0.15, 0.2) is 0 Å². The Hall–Kier alpha value is -2.74. The van der Waals surface area contributed by atoms with E-state index in [1.807, 2.05) is 18.2 Å². The molecule has 1 N–H and O–H groups in total. The first-order chi connectivity index (χ1) is 14.4. The summed E-state index contributed by atoms with van der Waals surface area (Å²) in [5, 5.41) is 3.45. The van der Waals surface area contributed by atoms with Gasteiger partial charge < -0.3 is 10.1 Å². The number of rotatable bonds is 6. The van der Waals surface area contributed by atoms with Gasteiger partial charge in [-0.25, -0.2) is 13.5 Å². The molecule has 30 heavy (non-hydrogen) atoms. The summed E-state index contributed by atoms with van der Waals surface area (Å²) < 4.78 is 18.9. The number of aromatic nitrogens is 1. The first kappa shape index (κ1) is 22.0. The lowest BCUT2D eigenvalue weighted by molar-refractivity contribution is -0.112. The molecular weight excluding hydrogens is 422 g/mol. The molecule has 0 saturated heterocycles. The maximum absolute atomic E-state index is 12.8. The van der Waals surface area contributed by atoms with E-state index in [1.54, 1.807) is 54.8 Å². The van der Waals surface area contributed by atoms with Gasteiger partial charge in [-0.15, -0.1) is 0 Å². The number of halogens is 1. The van der Waals surface area contributed by atoms with Gasteiger partial charge in [0.2, 0.25) is 5.88 Å². The standard InChI is InChI=1S/C22H22ClN3O3S/c1-26(2)30(28)18-10-7-15(8-11-18)19-13-16(5-4-6-20(19)23)22(27)25-17-9-12-21(29-3)24-14-17/h4-5,7-14H,6H2,1-3H3,(H,25,27). The number of carbonyl (C=O) groups excluding carboxylic acids is 1. The van der Waals surface area contributed by atoms with Crippen molar-refractivity contribution in [3.8, 4) is 5.88 Å². The van der Waals surface area contributed by atoms with Crippen LogP contribution in [0.3, 0.4) is 0 Å². The number of hydrogen-bond acceptors (Lipinski definition) is 4. The molecule has 2 aromatic rings. The molecule has 1 aromatic carbocycles. The largest absolute Gasteiger partial charge is 0.481 e. The van der Waals surface area contributed by atoms with Gasteiger partial charge in [-0.2, -0.15) is 0 Å². The van der Waals surface area contributed by atoms with Crippen LogP contribution >= 0.6 is 11.6 Å². The molecule has 0 bridgehead atoms. The monoisotopic (exact) mass is 443 g/mol. The second-order valence-electron chi connectivity index (χ2n) is 6.65. The van der Waals surface area contributed by atoms with Crippen molar-refractivity contribution in [2.75, 3.05) is 26.5 Å². The lowest BCUT2D eigenvalue weighted by Crippen LogP contribution is -2.15. The van der Waals surface area contributed by atoms with Gasteiger partial charge in [0, 0.05) is 23.1 Å². The summed E-state index contributed by atoms with van der Waals surface area (Å²) in [5.41, 5.74) is 2.63. The number of nitrogens with zero attached hydrogens (tertiary/aromatic N) is 2. The number of pyridine rings is 1. The highest BCUT2D eigenvalue weighted by molar-refractivity contribution is 7.82. The number of benzene rings is 1. The lowest BCUT2D eigenvalue weighted by Gasteiger charge is -2.11. The third-order valence-electron chi connectivity index (χ3n) is 4.35. The number of anilines is 1. The van der Waals surface area contributed by atoms with Crippen molar-refractivity contribution < 1.29 is 13.7 Å².